The average Bonchev–Trinajstić information content (AvgIpc) is 3.24. The zero-order chi connectivity index (χ0) is 18.8. The van der Waals surface area contributed by atoms with Gasteiger partial charge in [-0.05, 0) is 48.1 Å². The standard InChI is InChI=1S/C22H21N3O2/c23-13-19-21(17-10-8-16(9-11-17)15-5-1-2-6-15)20(14-26)25(19)22(27)18-7-3-4-12-24-18/h3-5,7-12,19-21,26H,1-2,6,14H2/t19-,20+,21-/m0/s1. The smallest absolute Gasteiger partial charge is 0.273 e. The second-order valence-electron chi connectivity index (χ2n) is 7.02. The van der Waals surface area contributed by atoms with Gasteiger partial charge in [-0.1, -0.05) is 36.4 Å². The number of benzene rings is 1. The quantitative estimate of drug-likeness (QED) is 0.910. The third-order valence-electron chi connectivity index (χ3n) is 5.56. The molecule has 1 saturated heterocycles. The van der Waals surface area contributed by atoms with E-state index in [9.17, 15) is 15.2 Å². The minimum absolute atomic E-state index is 0.186. The molecule has 1 aromatic carbocycles. The number of aliphatic hydroxyl groups is 1. The fraction of sp³-hybridized carbons (Fsp3) is 0.318. The highest BCUT2D eigenvalue weighted by Crippen LogP contribution is 2.41. The van der Waals surface area contributed by atoms with Gasteiger partial charge in [0, 0.05) is 12.1 Å². The highest BCUT2D eigenvalue weighted by atomic mass is 16.3. The number of amides is 1. The van der Waals surface area contributed by atoms with Crippen LogP contribution in [0.1, 0.15) is 46.8 Å². The van der Waals surface area contributed by atoms with Crippen LogP contribution >= 0.6 is 0 Å². The molecule has 136 valence electrons. The molecule has 0 unspecified atom stereocenters. The van der Waals surface area contributed by atoms with Gasteiger partial charge < -0.3 is 10.0 Å². The zero-order valence-electron chi connectivity index (χ0n) is 15.0. The molecule has 0 radical (unpaired) electrons. The lowest BCUT2D eigenvalue weighted by Crippen LogP contribution is -2.65. The Bertz CT molecular complexity index is 899. The van der Waals surface area contributed by atoms with Crippen LogP contribution in [0.15, 0.2) is 54.7 Å². The summed E-state index contributed by atoms with van der Waals surface area (Å²) in [5, 5.41) is 19.6. The molecule has 1 aliphatic carbocycles. The third-order valence-corrected chi connectivity index (χ3v) is 5.56. The van der Waals surface area contributed by atoms with Crippen LogP contribution < -0.4 is 0 Å². The van der Waals surface area contributed by atoms with E-state index in [1.54, 1.807) is 24.4 Å². The van der Waals surface area contributed by atoms with E-state index in [-0.39, 0.29) is 24.1 Å². The van der Waals surface area contributed by atoms with Crippen molar-refractivity contribution in [2.45, 2.75) is 37.3 Å². The summed E-state index contributed by atoms with van der Waals surface area (Å²) in [6.07, 6.45) is 7.27. The first kappa shape index (κ1) is 17.4. The van der Waals surface area contributed by atoms with Crippen molar-refractivity contribution in [3.63, 3.8) is 0 Å². The van der Waals surface area contributed by atoms with Crippen molar-refractivity contribution in [3.8, 4) is 6.07 Å². The van der Waals surface area contributed by atoms with Crippen LogP contribution in [0.4, 0.5) is 0 Å². The Morgan fingerprint density at radius 2 is 2.07 bits per heavy atom. The Hall–Kier alpha value is -2.97. The van der Waals surface area contributed by atoms with E-state index in [0.717, 1.165) is 18.4 Å². The molecule has 4 rings (SSSR count). The van der Waals surface area contributed by atoms with Crippen molar-refractivity contribution in [2.75, 3.05) is 6.61 Å². The minimum Gasteiger partial charge on any atom is -0.394 e. The molecule has 1 N–H and O–H groups in total. The summed E-state index contributed by atoms with van der Waals surface area (Å²) in [5.74, 6) is -0.510. The van der Waals surface area contributed by atoms with Crippen LogP contribution in [0, 0.1) is 11.3 Å². The number of carbonyl (C=O) groups excluding carboxylic acids is 1. The van der Waals surface area contributed by atoms with Gasteiger partial charge in [0.05, 0.1) is 18.7 Å². The number of aromatic nitrogens is 1. The van der Waals surface area contributed by atoms with Gasteiger partial charge in [0.1, 0.15) is 11.7 Å². The van der Waals surface area contributed by atoms with E-state index in [1.807, 2.05) is 12.1 Å². The Kier molecular flexibility index (Phi) is 4.74. The van der Waals surface area contributed by atoms with Gasteiger partial charge in [-0.3, -0.25) is 9.78 Å². The Morgan fingerprint density at radius 1 is 1.26 bits per heavy atom. The molecule has 5 nitrogen and oxygen atoms in total. The molecule has 27 heavy (non-hydrogen) atoms. The summed E-state index contributed by atoms with van der Waals surface area (Å²) >= 11 is 0. The predicted molar refractivity (Wildman–Crippen MR) is 102 cm³/mol. The van der Waals surface area contributed by atoms with E-state index in [1.165, 1.54) is 22.5 Å². The SMILES string of the molecule is N#C[C@H]1[C@H](c2ccc(C3=CCCC3)cc2)[C@@H](CO)N1C(=O)c1ccccn1. The molecule has 1 aromatic heterocycles. The topological polar surface area (TPSA) is 77.2 Å². The molecule has 1 aliphatic heterocycles. The van der Waals surface area contributed by atoms with Gasteiger partial charge in [0.2, 0.25) is 0 Å². The third kappa shape index (κ3) is 3.02. The monoisotopic (exact) mass is 359 g/mol. The van der Waals surface area contributed by atoms with Gasteiger partial charge in [-0.25, -0.2) is 0 Å². The number of hydrogen-bond donors (Lipinski definition) is 1. The maximum atomic E-state index is 12.8. The Morgan fingerprint density at radius 3 is 2.67 bits per heavy atom. The maximum Gasteiger partial charge on any atom is 0.273 e. The Labute approximate surface area is 158 Å². The van der Waals surface area contributed by atoms with E-state index in [2.05, 4.69) is 29.3 Å². The maximum absolute atomic E-state index is 12.8. The fourth-order valence-electron chi connectivity index (χ4n) is 4.16. The number of hydrogen-bond acceptors (Lipinski definition) is 4. The molecule has 2 aromatic rings. The summed E-state index contributed by atoms with van der Waals surface area (Å²) in [6.45, 7) is -0.186. The second-order valence-corrected chi connectivity index (χ2v) is 7.02. The van der Waals surface area contributed by atoms with E-state index >= 15 is 0 Å². The predicted octanol–water partition coefficient (Wildman–Crippen LogP) is 3.14. The largest absolute Gasteiger partial charge is 0.394 e. The molecule has 0 spiro atoms. The Balaban J connectivity index is 1.58. The molecule has 2 aliphatic rings. The summed E-state index contributed by atoms with van der Waals surface area (Å²) in [6, 6.07) is 14.5. The molecule has 5 heteroatoms. The highest BCUT2D eigenvalue weighted by Gasteiger charge is 2.52. The second kappa shape index (κ2) is 7.34. The number of pyridine rings is 1. The minimum atomic E-state index is -0.604. The zero-order valence-corrected chi connectivity index (χ0v) is 15.0. The number of nitriles is 1. The lowest BCUT2D eigenvalue weighted by molar-refractivity contribution is -0.00629. The first-order valence-corrected chi connectivity index (χ1v) is 9.28. The van der Waals surface area contributed by atoms with Crippen LogP contribution in [0.3, 0.4) is 0 Å². The van der Waals surface area contributed by atoms with Crippen molar-refractivity contribution in [1.29, 1.82) is 5.26 Å². The molecule has 1 fully saturated rings. The van der Waals surface area contributed by atoms with Crippen molar-refractivity contribution in [3.05, 3.63) is 71.6 Å². The number of allylic oxidation sites excluding steroid dienone is 2. The number of carbonyl (C=O) groups is 1. The molecule has 0 bridgehead atoms. The lowest BCUT2D eigenvalue weighted by Gasteiger charge is -2.51. The van der Waals surface area contributed by atoms with Gasteiger partial charge in [-0.15, -0.1) is 0 Å². The van der Waals surface area contributed by atoms with Crippen LogP contribution in [-0.4, -0.2) is 39.6 Å². The average molecular weight is 359 g/mol. The van der Waals surface area contributed by atoms with Gasteiger partial charge in [-0.2, -0.15) is 5.26 Å². The van der Waals surface area contributed by atoms with Gasteiger partial charge >= 0.3 is 0 Å². The first-order valence-electron chi connectivity index (χ1n) is 9.28. The van der Waals surface area contributed by atoms with E-state index in [4.69, 9.17) is 0 Å². The number of likely N-dealkylation sites (tertiary alicyclic amines) is 1. The normalized spacial score (nSPS) is 24.1. The van der Waals surface area contributed by atoms with Gasteiger partial charge in [0.15, 0.2) is 0 Å². The van der Waals surface area contributed by atoms with Crippen LogP contribution in [0.25, 0.3) is 5.57 Å². The number of rotatable bonds is 4. The van der Waals surface area contributed by atoms with Crippen molar-refractivity contribution in [1.82, 2.24) is 9.88 Å². The molecule has 0 saturated carbocycles. The summed E-state index contributed by atoms with van der Waals surface area (Å²) < 4.78 is 0. The molecule has 3 atom stereocenters. The van der Waals surface area contributed by atoms with E-state index < -0.39 is 12.1 Å². The summed E-state index contributed by atoms with van der Waals surface area (Å²) in [5.41, 5.74) is 3.86. The highest BCUT2D eigenvalue weighted by molar-refractivity contribution is 5.94. The number of nitrogens with zero attached hydrogens (tertiary/aromatic N) is 3. The van der Waals surface area contributed by atoms with E-state index in [0.29, 0.717) is 0 Å². The molecule has 1 amide bonds. The van der Waals surface area contributed by atoms with Crippen molar-refractivity contribution in [2.24, 2.45) is 0 Å². The summed E-state index contributed by atoms with van der Waals surface area (Å²) in [7, 11) is 0. The summed E-state index contributed by atoms with van der Waals surface area (Å²) in [4.78, 5) is 18.3. The molecular weight excluding hydrogens is 338 g/mol. The van der Waals surface area contributed by atoms with Crippen molar-refractivity contribution >= 4 is 11.5 Å². The van der Waals surface area contributed by atoms with Gasteiger partial charge in [0.25, 0.3) is 5.91 Å². The lowest BCUT2D eigenvalue weighted by atomic mass is 9.75. The first-order chi connectivity index (χ1) is 13.2. The molecule has 2 heterocycles. The molecular formula is C22H21N3O2. The van der Waals surface area contributed by atoms with Crippen LogP contribution in [0.5, 0.6) is 0 Å². The van der Waals surface area contributed by atoms with Crippen LogP contribution in [0.2, 0.25) is 0 Å². The van der Waals surface area contributed by atoms with Crippen molar-refractivity contribution < 1.29 is 9.90 Å². The van der Waals surface area contributed by atoms with Crippen LogP contribution in [-0.2, 0) is 0 Å². The fourth-order valence-corrected chi connectivity index (χ4v) is 4.16. The number of aliphatic hydroxyl groups excluding tert-OH is 1.